The number of nitrogens with zero attached hydrogens (tertiary/aromatic N) is 1. The lowest BCUT2D eigenvalue weighted by Gasteiger charge is -2.16. The van der Waals surface area contributed by atoms with Crippen molar-refractivity contribution in [1.29, 1.82) is 0 Å². The van der Waals surface area contributed by atoms with E-state index in [0.29, 0.717) is 0 Å². The molecule has 2 aromatic carbocycles. The van der Waals surface area contributed by atoms with Gasteiger partial charge in [-0.05, 0) is 30.3 Å². The highest BCUT2D eigenvalue weighted by molar-refractivity contribution is 6.36. The molecule has 2 amide bonds. The van der Waals surface area contributed by atoms with E-state index in [9.17, 15) is 22.8 Å². The van der Waals surface area contributed by atoms with Gasteiger partial charge in [0.05, 0.1) is 21.8 Å². The van der Waals surface area contributed by atoms with Crippen LogP contribution in [0.5, 0.6) is 5.75 Å². The number of rotatable bonds is 3. The van der Waals surface area contributed by atoms with E-state index in [0.717, 1.165) is 4.90 Å². The van der Waals surface area contributed by atoms with Crippen LogP contribution >= 0.6 is 11.6 Å². The number of hydrogen-bond acceptors (Lipinski definition) is 3. The Bertz CT molecular complexity index is 801. The smallest absolute Gasteiger partial charge is 0.422 e. The normalized spacial score (nSPS) is 14.1. The van der Waals surface area contributed by atoms with Crippen LogP contribution in [0.3, 0.4) is 0 Å². The Balaban J connectivity index is 1.88. The molecule has 0 aromatic heterocycles. The summed E-state index contributed by atoms with van der Waals surface area (Å²) in [6.07, 6.45) is -4.50. The zero-order valence-electron chi connectivity index (χ0n) is 11.9. The van der Waals surface area contributed by atoms with Crippen LogP contribution in [0.1, 0.15) is 20.7 Å². The van der Waals surface area contributed by atoms with E-state index in [2.05, 4.69) is 4.74 Å². The molecular formula is C16H9ClF3NO3. The maximum Gasteiger partial charge on any atom is 0.422 e. The van der Waals surface area contributed by atoms with E-state index in [-0.39, 0.29) is 27.6 Å². The summed E-state index contributed by atoms with van der Waals surface area (Å²) < 4.78 is 41.1. The number of anilines is 1. The molecule has 8 heteroatoms. The molecule has 0 radical (unpaired) electrons. The minimum atomic E-state index is -4.50. The summed E-state index contributed by atoms with van der Waals surface area (Å²) in [6, 6.07) is 10.0. The second kappa shape index (κ2) is 5.83. The first-order chi connectivity index (χ1) is 11.3. The highest BCUT2D eigenvalue weighted by Gasteiger charge is 2.36. The summed E-state index contributed by atoms with van der Waals surface area (Å²) in [5, 5.41) is -0.131. The predicted octanol–water partition coefficient (Wildman–Crippen LogP) is 4.08. The van der Waals surface area contributed by atoms with E-state index in [1.165, 1.54) is 30.3 Å². The maximum absolute atomic E-state index is 12.3. The molecule has 0 unspecified atom stereocenters. The third-order valence-electron chi connectivity index (χ3n) is 3.36. The molecule has 0 bridgehead atoms. The van der Waals surface area contributed by atoms with Gasteiger partial charge in [0.25, 0.3) is 11.8 Å². The summed E-state index contributed by atoms with van der Waals surface area (Å²) in [7, 11) is 0. The predicted molar refractivity (Wildman–Crippen MR) is 80.6 cm³/mol. The molecule has 124 valence electrons. The monoisotopic (exact) mass is 355 g/mol. The summed E-state index contributed by atoms with van der Waals surface area (Å²) in [5.41, 5.74) is 0.678. The average molecular weight is 356 g/mol. The fraction of sp³-hybridized carbons (Fsp3) is 0.125. The number of carbonyl (C=O) groups excluding carboxylic acids is 2. The van der Waals surface area contributed by atoms with Crippen LogP contribution in [-0.2, 0) is 0 Å². The van der Waals surface area contributed by atoms with Gasteiger partial charge in [0, 0.05) is 0 Å². The average Bonchev–Trinajstić information content (AvgIpc) is 2.77. The number of carbonyl (C=O) groups is 2. The van der Waals surface area contributed by atoms with Gasteiger partial charge in [0.1, 0.15) is 5.75 Å². The number of ether oxygens (including phenoxy) is 1. The zero-order chi connectivity index (χ0) is 17.5. The third-order valence-corrected chi connectivity index (χ3v) is 3.65. The van der Waals surface area contributed by atoms with Gasteiger partial charge in [-0.2, -0.15) is 13.2 Å². The Hall–Kier alpha value is -2.54. The number of fused-ring (bicyclic) bond motifs is 1. The molecular weight excluding hydrogens is 347 g/mol. The van der Waals surface area contributed by atoms with E-state index in [1.54, 1.807) is 12.1 Å². The molecule has 4 nitrogen and oxygen atoms in total. The van der Waals surface area contributed by atoms with Gasteiger partial charge in [0.2, 0.25) is 0 Å². The second-order valence-corrected chi connectivity index (χ2v) is 5.42. The van der Waals surface area contributed by atoms with E-state index in [4.69, 9.17) is 11.6 Å². The molecule has 0 fully saturated rings. The molecule has 0 spiro atoms. The van der Waals surface area contributed by atoms with Crippen molar-refractivity contribution in [2.24, 2.45) is 0 Å². The van der Waals surface area contributed by atoms with Crippen LogP contribution in [0.25, 0.3) is 0 Å². The van der Waals surface area contributed by atoms with Crippen molar-refractivity contribution >= 4 is 29.1 Å². The lowest BCUT2D eigenvalue weighted by molar-refractivity contribution is -0.153. The van der Waals surface area contributed by atoms with Crippen LogP contribution in [0.4, 0.5) is 18.9 Å². The summed E-state index contributed by atoms with van der Waals surface area (Å²) in [6.45, 7) is -1.49. The lowest BCUT2D eigenvalue weighted by atomic mass is 10.1. The number of imide groups is 1. The van der Waals surface area contributed by atoms with Crippen LogP contribution in [0, 0.1) is 0 Å². The molecule has 0 aliphatic carbocycles. The van der Waals surface area contributed by atoms with E-state index < -0.39 is 24.6 Å². The largest absolute Gasteiger partial charge is 0.483 e. The second-order valence-electron chi connectivity index (χ2n) is 5.01. The van der Waals surface area contributed by atoms with Crippen molar-refractivity contribution in [3.63, 3.8) is 0 Å². The SMILES string of the molecule is O=C1c2ccccc2C(=O)N1c1ccc(OCC(F)(F)F)c(Cl)c1. The summed E-state index contributed by atoms with van der Waals surface area (Å²) in [5.74, 6) is -1.22. The number of benzene rings is 2. The first kappa shape index (κ1) is 16.3. The molecule has 0 saturated heterocycles. The fourth-order valence-electron chi connectivity index (χ4n) is 2.33. The Labute approximate surface area is 139 Å². The maximum atomic E-state index is 12.3. The molecule has 1 heterocycles. The van der Waals surface area contributed by atoms with Gasteiger partial charge in [-0.3, -0.25) is 9.59 Å². The lowest BCUT2D eigenvalue weighted by Crippen LogP contribution is -2.29. The molecule has 24 heavy (non-hydrogen) atoms. The van der Waals surface area contributed by atoms with Crippen LogP contribution in [-0.4, -0.2) is 24.6 Å². The minimum absolute atomic E-state index is 0.131. The fourth-order valence-corrected chi connectivity index (χ4v) is 2.56. The number of hydrogen-bond donors (Lipinski definition) is 0. The number of alkyl halides is 3. The van der Waals surface area contributed by atoms with Gasteiger partial charge in [-0.25, -0.2) is 4.90 Å². The Morgan fingerprint density at radius 2 is 1.58 bits per heavy atom. The quantitative estimate of drug-likeness (QED) is 0.779. The molecule has 0 atom stereocenters. The highest BCUT2D eigenvalue weighted by Crippen LogP contribution is 2.34. The minimum Gasteiger partial charge on any atom is -0.483 e. The zero-order valence-corrected chi connectivity index (χ0v) is 12.7. The Morgan fingerprint density at radius 1 is 1.00 bits per heavy atom. The third kappa shape index (κ3) is 2.94. The van der Waals surface area contributed by atoms with E-state index >= 15 is 0 Å². The highest BCUT2D eigenvalue weighted by atomic mass is 35.5. The first-order valence-electron chi connectivity index (χ1n) is 6.75. The van der Waals surface area contributed by atoms with Gasteiger partial charge >= 0.3 is 6.18 Å². The van der Waals surface area contributed by atoms with Crippen molar-refractivity contribution in [2.75, 3.05) is 11.5 Å². The molecule has 3 rings (SSSR count). The summed E-state index contributed by atoms with van der Waals surface area (Å²) in [4.78, 5) is 25.6. The van der Waals surface area contributed by atoms with Crippen molar-refractivity contribution in [3.8, 4) is 5.75 Å². The molecule has 1 aliphatic rings. The molecule has 1 aliphatic heterocycles. The first-order valence-corrected chi connectivity index (χ1v) is 7.12. The van der Waals surface area contributed by atoms with Gasteiger partial charge in [-0.1, -0.05) is 23.7 Å². The standard InChI is InChI=1S/C16H9ClF3NO3/c17-12-7-9(5-6-13(12)24-8-16(18,19)20)21-14(22)10-3-1-2-4-11(10)15(21)23/h1-7H,8H2. The van der Waals surface area contributed by atoms with Crippen molar-refractivity contribution in [3.05, 3.63) is 58.6 Å². The molecule has 0 saturated carbocycles. The topological polar surface area (TPSA) is 46.6 Å². The molecule has 0 N–H and O–H groups in total. The number of amides is 2. The Kier molecular flexibility index (Phi) is 3.96. The summed E-state index contributed by atoms with van der Waals surface area (Å²) >= 11 is 5.90. The van der Waals surface area contributed by atoms with Crippen molar-refractivity contribution < 1.29 is 27.5 Å². The number of halogens is 4. The Morgan fingerprint density at radius 3 is 2.08 bits per heavy atom. The van der Waals surface area contributed by atoms with Crippen molar-refractivity contribution in [2.45, 2.75) is 6.18 Å². The van der Waals surface area contributed by atoms with Crippen LogP contribution in [0.15, 0.2) is 42.5 Å². The van der Waals surface area contributed by atoms with E-state index in [1.807, 2.05) is 0 Å². The van der Waals surface area contributed by atoms with Gasteiger partial charge < -0.3 is 4.74 Å². The van der Waals surface area contributed by atoms with Gasteiger partial charge in [-0.15, -0.1) is 0 Å². The van der Waals surface area contributed by atoms with Crippen LogP contribution < -0.4 is 9.64 Å². The van der Waals surface area contributed by atoms with Crippen LogP contribution in [0.2, 0.25) is 5.02 Å². The molecule has 2 aromatic rings. The van der Waals surface area contributed by atoms with Crippen molar-refractivity contribution in [1.82, 2.24) is 0 Å². The van der Waals surface area contributed by atoms with Gasteiger partial charge in [0.15, 0.2) is 6.61 Å².